The summed E-state index contributed by atoms with van der Waals surface area (Å²) in [4.78, 5) is 33.5. The molecule has 3 atom stereocenters. The first-order valence-electron chi connectivity index (χ1n) is 14.3. The lowest BCUT2D eigenvalue weighted by Gasteiger charge is -2.62. The highest BCUT2D eigenvalue weighted by atomic mass is 35.5. The van der Waals surface area contributed by atoms with Gasteiger partial charge in [-0.1, -0.05) is 5.92 Å². The first-order chi connectivity index (χ1) is 19.7. The summed E-state index contributed by atoms with van der Waals surface area (Å²) >= 11 is 6.06. The Labute approximate surface area is 242 Å². The van der Waals surface area contributed by atoms with E-state index < -0.39 is 30.2 Å². The highest BCUT2D eigenvalue weighted by Gasteiger charge is 2.57. The molecule has 11 nitrogen and oxygen atoms in total. The average molecular weight is 585 g/mol. The van der Waals surface area contributed by atoms with Crippen molar-refractivity contribution < 1.29 is 33.3 Å². The molecule has 0 aromatic carbocycles. The van der Waals surface area contributed by atoms with Gasteiger partial charge in [-0.15, -0.1) is 6.42 Å². The van der Waals surface area contributed by atoms with Crippen LogP contribution in [0.25, 0.3) is 11.0 Å². The fourth-order valence-corrected chi connectivity index (χ4v) is 7.77. The van der Waals surface area contributed by atoms with E-state index in [1.807, 2.05) is 0 Å². The molecule has 6 saturated carbocycles. The second-order valence-electron chi connectivity index (χ2n) is 12.7. The summed E-state index contributed by atoms with van der Waals surface area (Å²) in [7, 11) is 0. The van der Waals surface area contributed by atoms with Crippen LogP contribution in [-0.2, 0) is 23.7 Å². The predicted molar refractivity (Wildman–Crippen MR) is 146 cm³/mol. The molecule has 1 saturated heterocycles. The fourth-order valence-electron chi connectivity index (χ4n) is 7.60. The number of hydrogen-bond acceptors (Lipinski definition) is 10. The van der Waals surface area contributed by atoms with Crippen LogP contribution in [0.5, 0.6) is 0 Å². The Bertz CT molecular complexity index is 1400. The van der Waals surface area contributed by atoms with E-state index in [1.54, 1.807) is 16.8 Å². The molecule has 0 spiro atoms. The quantitative estimate of drug-likeness (QED) is 0.230. The van der Waals surface area contributed by atoms with Gasteiger partial charge in [0, 0.05) is 12.6 Å². The lowest BCUT2D eigenvalue weighted by atomic mass is 9.43. The first-order valence-corrected chi connectivity index (χ1v) is 14.7. The number of hydrogen-bond donors (Lipinski definition) is 1. The van der Waals surface area contributed by atoms with Gasteiger partial charge < -0.3 is 34.0 Å². The second-order valence-corrected chi connectivity index (χ2v) is 13.1. The smallest absolute Gasteiger partial charge is 0.434 e. The molecule has 218 valence electrons. The molecule has 2 aromatic rings. The van der Waals surface area contributed by atoms with Crippen LogP contribution in [0.4, 0.5) is 15.4 Å². The van der Waals surface area contributed by atoms with Crippen molar-refractivity contribution in [1.82, 2.24) is 14.5 Å². The zero-order valence-corrected chi connectivity index (χ0v) is 23.4. The van der Waals surface area contributed by atoms with E-state index in [0.717, 1.165) is 24.7 Å². The van der Waals surface area contributed by atoms with Crippen molar-refractivity contribution in [2.75, 3.05) is 25.6 Å². The summed E-state index contributed by atoms with van der Waals surface area (Å²) in [6, 6.07) is 1.73. The van der Waals surface area contributed by atoms with Crippen molar-refractivity contribution >= 4 is 40.8 Å². The molecule has 12 heteroatoms. The summed E-state index contributed by atoms with van der Waals surface area (Å²) < 4.78 is 29.9. The second kappa shape index (κ2) is 9.66. The molecule has 0 radical (unpaired) electrons. The summed E-state index contributed by atoms with van der Waals surface area (Å²) in [5, 5.41) is 0.548. The Hall–Kier alpha value is -3.23. The molecule has 4 bridgehead atoms. The number of terminal acetylenes is 1. The van der Waals surface area contributed by atoms with Crippen molar-refractivity contribution in [3.05, 3.63) is 17.5 Å². The van der Waals surface area contributed by atoms with E-state index in [0.29, 0.717) is 21.9 Å². The molecule has 0 unspecified atom stereocenters. The van der Waals surface area contributed by atoms with Crippen LogP contribution in [0.2, 0.25) is 5.28 Å². The molecule has 3 heterocycles. The van der Waals surface area contributed by atoms with Gasteiger partial charge in [0.05, 0.1) is 18.6 Å². The number of nitrogens with two attached hydrogens (primary N) is 1. The average Bonchev–Trinajstić information content (AvgIpc) is 3.41. The standard InChI is InChI=1S/C29H33ClN4O7/c1-2-29(16-39-25(35)37-7-4-27-10-17(11-27)12-27)20(40-26(36)38-8-5-28-13-18(14-28)15-28)9-21(41-29)34-6-3-19-22(31)32-24(30)33-23(19)34/h1,3,6,17-18,20-21H,4-5,7-16H2,(H2,31,32,33)/t17?,18?,20-,21+,27?,28?,29+/m0/s1. The Kier molecular flexibility index (Phi) is 6.28. The van der Waals surface area contributed by atoms with Crippen LogP contribution in [0.1, 0.15) is 64.0 Å². The van der Waals surface area contributed by atoms with E-state index in [-0.39, 0.29) is 37.3 Å². The number of nitrogen functional groups attached to an aromatic ring is 1. The molecule has 0 amide bonds. The zero-order chi connectivity index (χ0) is 28.4. The van der Waals surface area contributed by atoms with Gasteiger partial charge in [0.15, 0.2) is 6.10 Å². The molecule has 1 aliphatic heterocycles. The number of aromatic nitrogens is 3. The molecule has 9 rings (SSSR count). The molecule has 41 heavy (non-hydrogen) atoms. The number of fused-ring (bicyclic) bond motifs is 1. The van der Waals surface area contributed by atoms with Crippen LogP contribution < -0.4 is 5.73 Å². The number of carbonyl (C=O) groups excluding carboxylic acids is 2. The van der Waals surface area contributed by atoms with Gasteiger partial charge in [0.25, 0.3) is 0 Å². The number of anilines is 1. The maximum absolute atomic E-state index is 12.8. The minimum absolute atomic E-state index is 0.0267. The molecule has 7 fully saturated rings. The van der Waals surface area contributed by atoms with Gasteiger partial charge >= 0.3 is 12.3 Å². The molecular formula is C29H33ClN4O7. The third-order valence-electron chi connectivity index (χ3n) is 10.1. The van der Waals surface area contributed by atoms with Gasteiger partial charge in [-0.25, -0.2) is 14.6 Å². The van der Waals surface area contributed by atoms with Crippen LogP contribution in [0.15, 0.2) is 12.3 Å². The summed E-state index contributed by atoms with van der Waals surface area (Å²) in [6.45, 7) is 0.170. The van der Waals surface area contributed by atoms with Crippen LogP contribution >= 0.6 is 11.6 Å². The highest BCUT2D eigenvalue weighted by Crippen LogP contribution is 2.66. The van der Waals surface area contributed by atoms with E-state index in [4.69, 9.17) is 47.4 Å². The normalized spacial score (nSPS) is 35.7. The fraction of sp³-hybridized carbons (Fsp3) is 0.655. The van der Waals surface area contributed by atoms with E-state index in [9.17, 15) is 9.59 Å². The molecule has 2 aromatic heterocycles. The van der Waals surface area contributed by atoms with Gasteiger partial charge in [-0.2, -0.15) is 4.98 Å². The van der Waals surface area contributed by atoms with Crippen LogP contribution in [0.3, 0.4) is 0 Å². The van der Waals surface area contributed by atoms with E-state index >= 15 is 0 Å². The van der Waals surface area contributed by atoms with Gasteiger partial charge in [-0.3, -0.25) is 0 Å². The maximum Gasteiger partial charge on any atom is 0.508 e. The van der Waals surface area contributed by atoms with Gasteiger partial charge in [-0.05, 0) is 91.7 Å². The first kappa shape index (κ1) is 26.7. The van der Waals surface area contributed by atoms with Crippen LogP contribution in [-0.4, -0.2) is 58.4 Å². The van der Waals surface area contributed by atoms with Crippen molar-refractivity contribution in [2.45, 2.75) is 75.7 Å². The number of rotatable bonds is 10. The van der Waals surface area contributed by atoms with E-state index in [2.05, 4.69) is 15.9 Å². The monoisotopic (exact) mass is 584 g/mol. The Morgan fingerprint density at radius 3 is 2.27 bits per heavy atom. The lowest BCUT2D eigenvalue weighted by molar-refractivity contribution is -0.128. The lowest BCUT2D eigenvalue weighted by Crippen LogP contribution is -2.52. The topological polar surface area (TPSA) is 137 Å². The Balaban J connectivity index is 1.03. The van der Waals surface area contributed by atoms with Gasteiger partial charge in [0.1, 0.15) is 24.3 Å². The summed E-state index contributed by atoms with van der Waals surface area (Å²) in [5.74, 6) is 4.49. The maximum atomic E-state index is 12.8. The number of nitrogens with zero attached hydrogens (tertiary/aromatic N) is 3. The third kappa shape index (κ3) is 4.65. The van der Waals surface area contributed by atoms with Gasteiger partial charge in [0.2, 0.25) is 10.9 Å². The molecule has 6 aliphatic carbocycles. The SMILES string of the molecule is C#C[C@]1(COC(=O)OCCC23CC(C2)C3)O[C@@H](n2ccc3c(N)nc(Cl)nc32)C[C@@H]1OC(=O)OCCC12CC(C1)C2. The Morgan fingerprint density at radius 2 is 1.68 bits per heavy atom. The summed E-state index contributed by atoms with van der Waals surface area (Å²) in [6.07, 6.45) is 13.3. The van der Waals surface area contributed by atoms with Crippen molar-refractivity contribution in [1.29, 1.82) is 0 Å². The molecule has 7 aliphatic rings. The van der Waals surface area contributed by atoms with Crippen molar-refractivity contribution in [3.63, 3.8) is 0 Å². The molecular weight excluding hydrogens is 552 g/mol. The molecule has 2 N–H and O–H groups in total. The van der Waals surface area contributed by atoms with Crippen molar-refractivity contribution in [3.8, 4) is 12.3 Å². The highest BCUT2D eigenvalue weighted by molar-refractivity contribution is 6.28. The minimum atomic E-state index is -1.59. The largest absolute Gasteiger partial charge is 0.508 e. The summed E-state index contributed by atoms with van der Waals surface area (Å²) in [5.41, 5.74) is 5.53. The number of carbonyl (C=O) groups is 2. The number of halogens is 1. The van der Waals surface area contributed by atoms with Crippen LogP contribution in [0, 0.1) is 35.0 Å². The minimum Gasteiger partial charge on any atom is -0.434 e. The predicted octanol–water partition coefficient (Wildman–Crippen LogP) is 5.01. The number of ether oxygens (including phenoxy) is 5. The Morgan fingerprint density at radius 1 is 1.05 bits per heavy atom. The zero-order valence-electron chi connectivity index (χ0n) is 22.7. The van der Waals surface area contributed by atoms with E-state index in [1.165, 1.54) is 38.5 Å². The van der Waals surface area contributed by atoms with Crippen molar-refractivity contribution in [2.24, 2.45) is 22.7 Å². The third-order valence-corrected chi connectivity index (χ3v) is 10.3.